The Morgan fingerprint density at radius 2 is 2.27 bits per heavy atom. The van der Waals surface area contributed by atoms with Gasteiger partial charge in [-0.15, -0.1) is 0 Å². The van der Waals surface area contributed by atoms with E-state index in [0.717, 1.165) is 12.8 Å². The first kappa shape index (κ1) is 8.92. The molecule has 0 amide bonds. The highest BCUT2D eigenvalue weighted by Gasteiger charge is 2.30. The summed E-state index contributed by atoms with van der Waals surface area (Å²) >= 11 is 0. The summed E-state index contributed by atoms with van der Waals surface area (Å²) < 4.78 is 23.0. The van der Waals surface area contributed by atoms with E-state index in [1.165, 1.54) is 4.31 Å². The molecular weight excluding hydrogens is 166 g/mol. The molecule has 1 atom stereocenters. The molecule has 1 aliphatic heterocycles. The smallest absolute Gasteiger partial charge is 0.278 e. The molecule has 0 aromatic carbocycles. The summed E-state index contributed by atoms with van der Waals surface area (Å²) in [5.74, 6) is 0. The minimum Gasteiger partial charge on any atom is -0.304 e. The van der Waals surface area contributed by atoms with Crippen LogP contribution in [0.3, 0.4) is 0 Å². The molecule has 66 valence electrons. The molecule has 1 aliphatic rings. The Balaban J connectivity index is 2.72. The Labute approximate surface area is 66.7 Å². The van der Waals surface area contributed by atoms with Crippen molar-refractivity contribution in [2.24, 2.45) is 5.14 Å². The summed E-state index contributed by atoms with van der Waals surface area (Å²) in [6, 6.07) is 0. The summed E-state index contributed by atoms with van der Waals surface area (Å²) in [6.45, 7) is 0.532. The van der Waals surface area contributed by atoms with Crippen LogP contribution in [-0.2, 0) is 10.2 Å². The molecule has 1 heterocycles. The minimum atomic E-state index is -3.49. The second kappa shape index (κ2) is 3.06. The van der Waals surface area contributed by atoms with E-state index in [2.05, 4.69) is 5.32 Å². The second-order valence-corrected chi connectivity index (χ2v) is 4.10. The molecule has 1 fully saturated rings. The van der Waals surface area contributed by atoms with Gasteiger partial charge in [-0.2, -0.15) is 12.7 Å². The minimum absolute atomic E-state index is 0.106. The summed E-state index contributed by atoms with van der Waals surface area (Å²) in [6.07, 6.45) is 1.61. The Hall–Kier alpha value is -0.170. The zero-order chi connectivity index (χ0) is 8.48. The first-order valence-electron chi connectivity index (χ1n) is 3.52. The van der Waals surface area contributed by atoms with E-state index in [9.17, 15) is 8.42 Å². The van der Waals surface area contributed by atoms with Crippen molar-refractivity contribution in [2.45, 2.75) is 19.0 Å². The van der Waals surface area contributed by atoms with Crippen molar-refractivity contribution in [1.29, 1.82) is 0 Å². The van der Waals surface area contributed by atoms with Gasteiger partial charge in [0, 0.05) is 6.54 Å². The van der Waals surface area contributed by atoms with E-state index < -0.39 is 10.2 Å². The fourth-order valence-electron chi connectivity index (χ4n) is 1.33. The SMILES string of the molecule is CNC1CCCN1S(N)(=O)=O. The van der Waals surface area contributed by atoms with Crippen molar-refractivity contribution in [3.05, 3.63) is 0 Å². The van der Waals surface area contributed by atoms with Gasteiger partial charge in [-0.3, -0.25) is 0 Å². The molecule has 6 heteroatoms. The third-order valence-electron chi connectivity index (χ3n) is 1.86. The fourth-order valence-corrected chi connectivity index (χ4v) is 2.28. The van der Waals surface area contributed by atoms with Gasteiger partial charge in [-0.25, -0.2) is 5.14 Å². The molecule has 11 heavy (non-hydrogen) atoms. The van der Waals surface area contributed by atoms with Crippen molar-refractivity contribution in [2.75, 3.05) is 13.6 Å². The van der Waals surface area contributed by atoms with Crippen molar-refractivity contribution in [1.82, 2.24) is 9.62 Å². The van der Waals surface area contributed by atoms with Crippen LogP contribution in [-0.4, -0.2) is 32.5 Å². The van der Waals surface area contributed by atoms with Crippen LogP contribution in [0.5, 0.6) is 0 Å². The number of nitrogens with one attached hydrogen (secondary N) is 1. The summed E-state index contributed by atoms with van der Waals surface area (Å²) in [5, 5.41) is 7.85. The van der Waals surface area contributed by atoms with Gasteiger partial charge in [0.05, 0.1) is 6.17 Å². The van der Waals surface area contributed by atoms with Crippen LogP contribution in [0.15, 0.2) is 0 Å². The van der Waals surface area contributed by atoms with Gasteiger partial charge in [0.25, 0.3) is 10.2 Å². The molecule has 0 spiro atoms. The Kier molecular flexibility index (Phi) is 2.48. The maximum Gasteiger partial charge on any atom is 0.278 e. The highest BCUT2D eigenvalue weighted by Crippen LogP contribution is 2.15. The number of rotatable bonds is 2. The predicted octanol–water partition coefficient (Wildman–Crippen LogP) is -1.17. The third kappa shape index (κ3) is 1.90. The maximum absolute atomic E-state index is 10.9. The Morgan fingerprint density at radius 1 is 1.64 bits per heavy atom. The maximum atomic E-state index is 10.9. The van der Waals surface area contributed by atoms with Crippen LogP contribution >= 0.6 is 0 Å². The molecule has 5 nitrogen and oxygen atoms in total. The van der Waals surface area contributed by atoms with Gasteiger partial charge >= 0.3 is 0 Å². The van der Waals surface area contributed by atoms with E-state index in [1.807, 2.05) is 0 Å². The van der Waals surface area contributed by atoms with Gasteiger partial charge in [0.2, 0.25) is 0 Å². The molecule has 1 unspecified atom stereocenters. The van der Waals surface area contributed by atoms with Crippen molar-refractivity contribution in [3.8, 4) is 0 Å². The molecule has 0 bridgehead atoms. The lowest BCUT2D eigenvalue weighted by atomic mass is 10.3. The van der Waals surface area contributed by atoms with E-state index in [0.29, 0.717) is 6.54 Å². The average Bonchev–Trinajstić information content (AvgIpc) is 2.31. The molecule has 0 radical (unpaired) electrons. The number of nitrogens with two attached hydrogens (primary N) is 1. The lowest BCUT2D eigenvalue weighted by Gasteiger charge is -2.20. The van der Waals surface area contributed by atoms with E-state index in [-0.39, 0.29) is 6.17 Å². The number of nitrogens with zero attached hydrogens (tertiary/aromatic N) is 1. The standard InChI is InChI=1S/C5H13N3O2S/c1-7-5-3-2-4-8(5)11(6,9)10/h5,7H,2-4H2,1H3,(H2,6,9,10). The van der Waals surface area contributed by atoms with Crippen molar-refractivity contribution in [3.63, 3.8) is 0 Å². The molecule has 0 aromatic rings. The number of hydrogen-bond donors (Lipinski definition) is 2. The molecule has 3 N–H and O–H groups in total. The van der Waals surface area contributed by atoms with Crippen LogP contribution < -0.4 is 10.5 Å². The van der Waals surface area contributed by atoms with Gasteiger partial charge in [0.15, 0.2) is 0 Å². The third-order valence-corrected chi connectivity index (χ3v) is 2.95. The molecule has 1 rings (SSSR count). The molecular formula is C5H13N3O2S. The zero-order valence-electron chi connectivity index (χ0n) is 6.45. The lowest BCUT2D eigenvalue weighted by Crippen LogP contribution is -2.45. The highest BCUT2D eigenvalue weighted by molar-refractivity contribution is 7.86. The summed E-state index contributed by atoms with van der Waals surface area (Å²) in [7, 11) is -1.76. The van der Waals surface area contributed by atoms with Gasteiger partial charge in [-0.05, 0) is 19.9 Å². The molecule has 0 aromatic heterocycles. The van der Waals surface area contributed by atoms with Crippen LogP contribution in [0.2, 0.25) is 0 Å². The first-order chi connectivity index (χ1) is 5.05. The monoisotopic (exact) mass is 179 g/mol. The van der Waals surface area contributed by atoms with E-state index >= 15 is 0 Å². The molecule has 0 aliphatic carbocycles. The zero-order valence-corrected chi connectivity index (χ0v) is 7.26. The van der Waals surface area contributed by atoms with E-state index in [1.54, 1.807) is 7.05 Å². The van der Waals surface area contributed by atoms with Gasteiger partial charge in [0.1, 0.15) is 0 Å². The second-order valence-electron chi connectivity index (χ2n) is 2.60. The van der Waals surface area contributed by atoms with Crippen LogP contribution in [0.25, 0.3) is 0 Å². The molecule has 1 saturated heterocycles. The van der Waals surface area contributed by atoms with E-state index in [4.69, 9.17) is 5.14 Å². The lowest BCUT2D eigenvalue weighted by molar-refractivity contribution is 0.352. The van der Waals surface area contributed by atoms with Crippen LogP contribution in [0.4, 0.5) is 0 Å². The number of hydrogen-bond acceptors (Lipinski definition) is 3. The van der Waals surface area contributed by atoms with Gasteiger partial charge < -0.3 is 5.32 Å². The van der Waals surface area contributed by atoms with Crippen molar-refractivity contribution >= 4 is 10.2 Å². The Bertz CT molecular complexity index is 226. The summed E-state index contributed by atoms with van der Waals surface area (Å²) in [5.41, 5.74) is 0. The Morgan fingerprint density at radius 3 is 2.64 bits per heavy atom. The first-order valence-corrected chi connectivity index (χ1v) is 5.03. The average molecular weight is 179 g/mol. The summed E-state index contributed by atoms with van der Waals surface area (Å²) in [4.78, 5) is 0. The van der Waals surface area contributed by atoms with Gasteiger partial charge in [-0.1, -0.05) is 0 Å². The highest BCUT2D eigenvalue weighted by atomic mass is 32.2. The largest absolute Gasteiger partial charge is 0.304 e. The van der Waals surface area contributed by atoms with Crippen LogP contribution in [0.1, 0.15) is 12.8 Å². The van der Waals surface area contributed by atoms with Crippen LogP contribution in [0, 0.1) is 0 Å². The van der Waals surface area contributed by atoms with Crippen molar-refractivity contribution < 1.29 is 8.42 Å². The fraction of sp³-hybridized carbons (Fsp3) is 1.00. The quantitative estimate of drug-likeness (QED) is 0.561. The normalized spacial score (nSPS) is 27.6. The molecule has 0 saturated carbocycles. The predicted molar refractivity (Wildman–Crippen MR) is 41.9 cm³/mol. The topological polar surface area (TPSA) is 75.4 Å².